The van der Waals surface area contributed by atoms with Crippen molar-refractivity contribution in [3.63, 3.8) is 0 Å². The first-order valence-electron chi connectivity index (χ1n) is 6.62. The SMILES string of the molecule is O=S(=O)(NCC(c1ccsc1)c1ccco1)c1cccnc1. The maximum absolute atomic E-state index is 12.3. The molecule has 0 fully saturated rings. The number of rotatable bonds is 6. The summed E-state index contributed by atoms with van der Waals surface area (Å²) in [6.07, 6.45) is 4.45. The van der Waals surface area contributed by atoms with Crippen molar-refractivity contribution in [1.82, 2.24) is 9.71 Å². The highest BCUT2D eigenvalue weighted by Crippen LogP contribution is 2.26. The van der Waals surface area contributed by atoms with E-state index in [1.54, 1.807) is 29.7 Å². The minimum absolute atomic E-state index is 0.151. The Bertz CT molecular complexity index is 764. The number of sulfonamides is 1. The number of pyridine rings is 1. The first-order chi connectivity index (χ1) is 10.7. The summed E-state index contributed by atoms with van der Waals surface area (Å²) < 4.78 is 32.7. The van der Waals surface area contributed by atoms with Crippen LogP contribution in [0.1, 0.15) is 17.2 Å². The molecule has 3 aromatic rings. The molecule has 0 aliphatic rings. The van der Waals surface area contributed by atoms with Gasteiger partial charge in [0.15, 0.2) is 0 Å². The molecular formula is C15H14N2O3S2. The molecule has 5 nitrogen and oxygen atoms in total. The molecule has 1 N–H and O–H groups in total. The van der Waals surface area contributed by atoms with Crippen LogP contribution in [-0.2, 0) is 10.0 Å². The van der Waals surface area contributed by atoms with Gasteiger partial charge in [-0.25, -0.2) is 13.1 Å². The van der Waals surface area contributed by atoms with E-state index in [0.29, 0.717) is 0 Å². The predicted molar refractivity (Wildman–Crippen MR) is 84.3 cm³/mol. The van der Waals surface area contributed by atoms with Crippen molar-refractivity contribution in [3.8, 4) is 0 Å². The molecule has 114 valence electrons. The Balaban J connectivity index is 1.81. The minimum Gasteiger partial charge on any atom is -0.469 e. The van der Waals surface area contributed by atoms with Gasteiger partial charge in [0.05, 0.1) is 12.2 Å². The first-order valence-corrected chi connectivity index (χ1v) is 9.04. The van der Waals surface area contributed by atoms with Gasteiger partial charge in [0.1, 0.15) is 10.7 Å². The zero-order valence-electron chi connectivity index (χ0n) is 11.5. The maximum Gasteiger partial charge on any atom is 0.242 e. The summed E-state index contributed by atoms with van der Waals surface area (Å²) >= 11 is 1.57. The van der Waals surface area contributed by atoms with E-state index < -0.39 is 10.0 Å². The zero-order valence-corrected chi connectivity index (χ0v) is 13.2. The number of thiophene rings is 1. The summed E-state index contributed by atoms with van der Waals surface area (Å²) in [5, 5.41) is 3.95. The maximum atomic E-state index is 12.3. The topological polar surface area (TPSA) is 72.2 Å². The average molecular weight is 334 g/mol. The number of hydrogen-bond acceptors (Lipinski definition) is 5. The highest BCUT2D eigenvalue weighted by Gasteiger charge is 2.21. The highest BCUT2D eigenvalue weighted by molar-refractivity contribution is 7.89. The van der Waals surface area contributed by atoms with Crippen LogP contribution in [0.5, 0.6) is 0 Å². The molecule has 7 heteroatoms. The van der Waals surface area contributed by atoms with Crippen LogP contribution >= 0.6 is 11.3 Å². The molecule has 1 unspecified atom stereocenters. The summed E-state index contributed by atoms with van der Waals surface area (Å²) in [6.45, 7) is 0.224. The van der Waals surface area contributed by atoms with Crippen LogP contribution in [0.15, 0.2) is 69.1 Å². The molecule has 0 bridgehead atoms. The van der Waals surface area contributed by atoms with Crippen LogP contribution in [0.2, 0.25) is 0 Å². The van der Waals surface area contributed by atoms with Gasteiger partial charge in [-0.15, -0.1) is 0 Å². The molecule has 0 aliphatic carbocycles. The fraction of sp³-hybridized carbons (Fsp3) is 0.133. The average Bonchev–Trinajstić information content (AvgIpc) is 3.22. The van der Waals surface area contributed by atoms with Gasteiger partial charge in [-0.05, 0) is 46.7 Å². The minimum atomic E-state index is -3.59. The number of nitrogens with zero attached hydrogens (tertiary/aromatic N) is 1. The van der Waals surface area contributed by atoms with Crippen molar-refractivity contribution in [2.24, 2.45) is 0 Å². The Morgan fingerprint density at radius 3 is 2.82 bits per heavy atom. The molecule has 0 radical (unpaired) electrons. The molecule has 0 spiro atoms. The second-order valence-corrected chi connectivity index (χ2v) is 7.21. The second kappa shape index (κ2) is 6.43. The van der Waals surface area contributed by atoms with Crippen molar-refractivity contribution in [2.45, 2.75) is 10.8 Å². The first kappa shape index (κ1) is 15.0. The zero-order chi connectivity index (χ0) is 15.4. The van der Waals surface area contributed by atoms with Crippen LogP contribution in [-0.4, -0.2) is 19.9 Å². The van der Waals surface area contributed by atoms with E-state index in [4.69, 9.17) is 4.42 Å². The Hall–Kier alpha value is -1.96. The summed E-state index contributed by atoms with van der Waals surface area (Å²) in [4.78, 5) is 3.99. The van der Waals surface area contributed by atoms with Crippen LogP contribution in [0.25, 0.3) is 0 Å². The van der Waals surface area contributed by atoms with Crippen LogP contribution < -0.4 is 4.72 Å². The Kier molecular flexibility index (Phi) is 4.37. The van der Waals surface area contributed by atoms with Crippen LogP contribution in [0, 0.1) is 0 Å². The van der Waals surface area contributed by atoms with E-state index in [9.17, 15) is 8.42 Å². The third-order valence-electron chi connectivity index (χ3n) is 3.25. The number of aromatic nitrogens is 1. The van der Waals surface area contributed by atoms with Gasteiger partial charge < -0.3 is 4.42 Å². The predicted octanol–water partition coefficient (Wildman–Crippen LogP) is 2.85. The Morgan fingerprint density at radius 2 is 2.18 bits per heavy atom. The third kappa shape index (κ3) is 3.27. The van der Waals surface area contributed by atoms with Gasteiger partial charge in [-0.2, -0.15) is 11.3 Å². The van der Waals surface area contributed by atoms with Crippen LogP contribution in [0.3, 0.4) is 0 Å². The lowest BCUT2D eigenvalue weighted by Gasteiger charge is -2.14. The van der Waals surface area contributed by atoms with Crippen molar-refractivity contribution in [3.05, 3.63) is 71.1 Å². The highest BCUT2D eigenvalue weighted by atomic mass is 32.2. The molecule has 1 atom stereocenters. The quantitative estimate of drug-likeness (QED) is 0.752. The van der Waals surface area contributed by atoms with Crippen molar-refractivity contribution in [1.29, 1.82) is 0 Å². The molecule has 0 saturated carbocycles. The van der Waals surface area contributed by atoms with Crippen molar-refractivity contribution < 1.29 is 12.8 Å². The number of hydrogen-bond donors (Lipinski definition) is 1. The van der Waals surface area contributed by atoms with E-state index in [1.165, 1.54) is 18.5 Å². The summed E-state index contributed by atoms with van der Waals surface area (Å²) in [7, 11) is -3.59. The molecule has 0 amide bonds. The summed E-state index contributed by atoms with van der Waals surface area (Å²) in [5.74, 6) is 0.569. The molecule has 22 heavy (non-hydrogen) atoms. The van der Waals surface area contributed by atoms with Gasteiger partial charge in [-0.3, -0.25) is 4.98 Å². The van der Waals surface area contributed by atoms with Gasteiger partial charge in [0.25, 0.3) is 0 Å². The molecule has 0 aliphatic heterocycles. The van der Waals surface area contributed by atoms with Gasteiger partial charge in [-0.1, -0.05) is 0 Å². The van der Waals surface area contributed by atoms with E-state index in [0.717, 1.165) is 11.3 Å². The molecule has 3 rings (SSSR count). The molecule has 0 saturated heterocycles. The normalized spacial score (nSPS) is 13.1. The van der Waals surface area contributed by atoms with Crippen molar-refractivity contribution in [2.75, 3.05) is 6.54 Å². The number of nitrogens with one attached hydrogen (secondary N) is 1. The lowest BCUT2D eigenvalue weighted by Crippen LogP contribution is -2.28. The smallest absolute Gasteiger partial charge is 0.242 e. The monoisotopic (exact) mass is 334 g/mol. The van der Waals surface area contributed by atoms with E-state index >= 15 is 0 Å². The fourth-order valence-corrected chi connectivity index (χ4v) is 3.85. The van der Waals surface area contributed by atoms with Gasteiger partial charge in [0.2, 0.25) is 10.0 Å². The van der Waals surface area contributed by atoms with E-state index in [-0.39, 0.29) is 17.4 Å². The molecule has 3 heterocycles. The standard InChI is InChI=1S/C15H14N2O3S2/c18-22(19,13-3-1-6-16-9-13)17-10-14(12-5-8-21-11-12)15-4-2-7-20-15/h1-9,11,14,17H,10H2. The fourth-order valence-electron chi connectivity index (χ4n) is 2.13. The molecule has 0 aromatic carbocycles. The lowest BCUT2D eigenvalue weighted by atomic mass is 10.00. The second-order valence-electron chi connectivity index (χ2n) is 4.67. The Morgan fingerprint density at radius 1 is 1.27 bits per heavy atom. The van der Waals surface area contributed by atoms with Crippen LogP contribution in [0.4, 0.5) is 0 Å². The summed E-state index contributed by atoms with van der Waals surface area (Å²) in [6, 6.07) is 8.72. The van der Waals surface area contributed by atoms with E-state index in [2.05, 4.69) is 9.71 Å². The summed E-state index contributed by atoms with van der Waals surface area (Å²) in [5.41, 5.74) is 1.02. The number of furan rings is 1. The van der Waals surface area contributed by atoms with E-state index in [1.807, 2.05) is 22.9 Å². The van der Waals surface area contributed by atoms with Gasteiger partial charge >= 0.3 is 0 Å². The Labute approximate surface area is 132 Å². The molecular weight excluding hydrogens is 320 g/mol. The van der Waals surface area contributed by atoms with Gasteiger partial charge in [0, 0.05) is 18.9 Å². The molecule has 3 aromatic heterocycles. The lowest BCUT2D eigenvalue weighted by molar-refractivity contribution is 0.481. The van der Waals surface area contributed by atoms with Crippen molar-refractivity contribution >= 4 is 21.4 Å². The largest absolute Gasteiger partial charge is 0.469 e. The third-order valence-corrected chi connectivity index (χ3v) is 5.36.